The predicted octanol–water partition coefficient (Wildman–Crippen LogP) is 3.31. The molecular weight excluding hydrogens is 282 g/mol. The number of carbonyl (C=O) groups excluding carboxylic acids is 1. The highest BCUT2D eigenvalue weighted by molar-refractivity contribution is 5.91. The van der Waals surface area contributed by atoms with E-state index in [0.29, 0.717) is 16.9 Å². The van der Waals surface area contributed by atoms with Gasteiger partial charge in [0.25, 0.3) is 0 Å². The summed E-state index contributed by atoms with van der Waals surface area (Å²) in [6.07, 6.45) is 3.03. The average molecular weight is 301 g/mol. The number of aromatic nitrogens is 1. The van der Waals surface area contributed by atoms with Crippen LogP contribution in [0.15, 0.2) is 36.7 Å². The van der Waals surface area contributed by atoms with Crippen LogP contribution in [0, 0.1) is 0 Å². The van der Waals surface area contributed by atoms with Gasteiger partial charge in [0.05, 0.1) is 12.7 Å². The summed E-state index contributed by atoms with van der Waals surface area (Å²) >= 11 is 0. The molecule has 0 amide bonds. The molecular formula is C17H19NO4. The third-order valence-corrected chi connectivity index (χ3v) is 3.18. The highest BCUT2D eigenvalue weighted by atomic mass is 16.6. The number of carbonyl (C=O) groups is 1. The summed E-state index contributed by atoms with van der Waals surface area (Å²) in [5, 5.41) is 10.2. The Labute approximate surface area is 129 Å². The van der Waals surface area contributed by atoms with Gasteiger partial charge in [-0.2, -0.15) is 0 Å². The van der Waals surface area contributed by atoms with E-state index in [1.54, 1.807) is 18.2 Å². The molecule has 22 heavy (non-hydrogen) atoms. The van der Waals surface area contributed by atoms with Crippen LogP contribution in [0.5, 0.6) is 17.2 Å². The first kappa shape index (κ1) is 15.8. The first-order chi connectivity index (χ1) is 10.3. The number of phenols is 1. The van der Waals surface area contributed by atoms with E-state index in [1.165, 1.54) is 25.6 Å². The van der Waals surface area contributed by atoms with Gasteiger partial charge in [-0.15, -0.1) is 0 Å². The molecule has 1 aromatic carbocycles. The van der Waals surface area contributed by atoms with Crippen molar-refractivity contribution in [3.63, 3.8) is 0 Å². The third-order valence-electron chi connectivity index (χ3n) is 3.18. The molecule has 0 saturated carbocycles. The average Bonchev–Trinajstić information content (AvgIpc) is 2.47. The van der Waals surface area contributed by atoms with Gasteiger partial charge in [0.15, 0.2) is 11.5 Å². The van der Waals surface area contributed by atoms with Gasteiger partial charge in [0.1, 0.15) is 5.75 Å². The smallest absolute Gasteiger partial charge is 0.343 e. The fraction of sp³-hybridized carbons (Fsp3) is 0.294. The number of phenolic OH excluding ortho intramolecular Hbond substituents is 1. The van der Waals surface area contributed by atoms with Gasteiger partial charge in [-0.1, -0.05) is 20.8 Å². The first-order valence-corrected chi connectivity index (χ1v) is 6.87. The Morgan fingerprint density at radius 1 is 1.14 bits per heavy atom. The summed E-state index contributed by atoms with van der Waals surface area (Å²) in [6.45, 7) is 5.77. The lowest BCUT2D eigenvalue weighted by Crippen LogP contribution is -2.17. The largest absolute Gasteiger partial charge is 0.508 e. The number of methoxy groups -OCH3 is 1. The van der Waals surface area contributed by atoms with E-state index in [9.17, 15) is 9.90 Å². The van der Waals surface area contributed by atoms with Gasteiger partial charge in [0, 0.05) is 18.0 Å². The second-order valence-electron chi connectivity index (χ2n) is 5.87. The maximum absolute atomic E-state index is 12.3. The molecule has 5 heteroatoms. The Kier molecular flexibility index (Phi) is 4.35. The van der Waals surface area contributed by atoms with Gasteiger partial charge in [-0.05, 0) is 29.7 Å². The molecule has 0 bridgehead atoms. The van der Waals surface area contributed by atoms with Crippen LogP contribution in [0.25, 0.3) is 0 Å². The molecule has 1 aromatic heterocycles. The van der Waals surface area contributed by atoms with Crippen molar-refractivity contribution in [1.29, 1.82) is 0 Å². The standard InChI is InChI=1S/C17H19NO4/c1-17(2,3)14-12(19)5-6-13(21-4)15(14)22-16(20)11-7-9-18-10-8-11/h5-10,19H,1-4H3. The summed E-state index contributed by atoms with van der Waals surface area (Å²) in [5.74, 6) is 0.157. The van der Waals surface area contributed by atoms with Crippen LogP contribution in [0.3, 0.4) is 0 Å². The zero-order valence-electron chi connectivity index (χ0n) is 13.1. The number of nitrogens with zero attached hydrogens (tertiary/aromatic N) is 1. The first-order valence-electron chi connectivity index (χ1n) is 6.87. The van der Waals surface area contributed by atoms with Crippen LogP contribution in [-0.2, 0) is 5.41 Å². The minimum atomic E-state index is -0.531. The fourth-order valence-electron chi connectivity index (χ4n) is 2.18. The van der Waals surface area contributed by atoms with E-state index in [4.69, 9.17) is 9.47 Å². The fourth-order valence-corrected chi connectivity index (χ4v) is 2.18. The van der Waals surface area contributed by atoms with E-state index in [-0.39, 0.29) is 11.5 Å². The number of hydrogen-bond acceptors (Lipinski definition) is 5. The van der Waals surface area contributed by atoms with Crippen molar-refractivity contribution in [2.24, 2.45) is 0 Å². The van der Waals surface area contributed by atoms with Crippen molar-refractivity contribution in [3.05, 3.63) is 47.8 Å². The Hall–Kier alpha value is -2.56. The lowest BCUT2D eigenvalue weighted by Gasteiger charge is -2.24. The summed E-state index contributed by atoms with van der Waals surface area (Å²) in [7, 11) is 1.49. The minimum Gasteiger partial charge on any atom is -0.508 e. The zero-order chi connectivity index (χ0) is 16.3. The molecule has 2 rings (SSSR count). The van der Waals surface area contributed by atoms with Gasteiger partial charge in [0.2, 0.25) is 0 Å². The molecule has 0 aliphatic heterocycles. The molecule has 116 valence electrons. The van der Waals surface area contributed by atoms with Crippen LogP contribution in [0.1, 0.15) is 36.7 Å². The molecule has 5 nitrogen and oxygen atoms in total. The number of ether oxygens (including phenoxy) is 2. The summed E-state index contributed by atoms with van der Waals surface area (Å²) in [4.78, 5) is 16.2. The quantitative estimate of drug-likeness (QED) is 0.696. The lowest BCUT2D eigenvalue weighted by atomic mass is 9.85. The number of benzene rings is 1. The molecule has 1 N–H and O–H groups in total. The molecule has 0 fully saturated rings. The molecule has 0 spiro atoms. The van der Waals surface area contributed by atoms with Gasteiger partial charge >= 0.3 is 5.97 Å². The Bertz CT molecular complexity index is 675. The second kappa shape index (κ2) is 6.05. The predicted molar refractivity (Wildman–Crippen MR) is 82.6 cm³/mol. The maximum Gasteiger partial charge on any atom is 0.343 e. The van der Waals surface area contributed by atoms with E-state index in [1.807, 2.05) is 20.8 Å². The number of rotatable bonds is 3. The summed E-state index contributed by atoms with van der Waals surface area (Å²) in [5.41, 5.74) is 0.474. The van der Waals surface area contributed by atoms with E-state index in [2.05, 4.69) is 4.98 Å². The highest BCUT2D eigenvalue weighted by Crippen LogP contribution is 2.44. The monoisotopic (exact) mass is 301 g/mol. The molecule has 2 aromatic rings. The van der Waals surface area contributed by atoms with Gasteiger partial charge in [-0.25, -0.2) is 4.79 Å². The highest BCUT2D eigenvalue weighted by Gasteiger charge is 2.28. The molecule has 0 radical (unpaired) electrons. The van der Waals surface area contributed by atoms with Crippen LogP contribution in [0.4, 0.5) is 0 Å². The van der Waals surface area contributed by atoms with E-state index < -0.39 is 11.4 Å². The van der Waals surface area contributed by atoms with Crippen LogP contribution >= 0.6 is 0 Å². The van der Waals surface area contributed by atoms with Crippen molar-refractivity contribution in [2.45, 2.75) is 26.2 Å². The minimum absolute atomic E-state index is 0.0610. The topological polar surface area (TPSA) is 68.7 Å². The van der Waals surface area contributed by atoms with Crippen LogP contribution in [-0.4, -0.2) is 23.2 Å². The Morgan fingerprint density at radius 3 is 2.32 bits per heavy atom. The number of pyridine rings is 1. The molecule has 0 aliphatic rings. The van der Waals surface area contributed by atoms with Crippen molar-refractivity contribution >= 4 is 5.97 Å². The Morgan fingerprint density at radius 2 is 1.77 bits per heavy atom. The summed E-state index contributed by atoms with van der Waals surface area (Å²) in [6, 6.07) is 6.23. The van der Waals surface area contributed by atoms with Gasteiger partial charge in [-0.3, -0.25) is 4.98 Å². The van der Waals surface area contributed by atoms with Crippen LogP contribution in [0.2, 0.25) is 0 Å². The van der Waals surface area contributed by atoms with E-state index in [0.717, 1.165) is 0 Å². The third kappa shape index (κ3) is 3.19. The van der Waals surface area contributed by atoms with Crippen LogP contribution < -0.4 is 9.47 Å². The van der Waals surface area contributed by atoms with Gasteiger partial charge < -0.3 is 14.6 Å². The maximum atomic E-state index is 12.3. The second-order valence-corrected chi connectivity index (χ2v) is 5.87. The summed E-state index contributed by atoms with van der Waals surface area (Å²) < 4.78 is 10.8. The molecule has 0 atom stereocenters. The molecule has 0 unspecified atom stereocenters. The Balaban J connectivity index is 2.49. The van der Waals surface area contributed by atoms with E-state index >= 15 is 0 Å². The van der Waals surface area contributed by atoms with Crippen molar-refractivity contribution in [3.8, 4) is 17.2 Å². The normalized spacial score (nSPS) is 11.1. The molecule has 0 saturated heterocycles. The number of esters is 1. The molecule has 1 heterocycles. The number of hydrogen-bond donors (Lipinski definition) is 1. The SMILES string of the molecule is COc1ccc(O)c(C(C)(C)C)c1OC(=O)c1ccncc1. The lowest BCUT2D eigenvalue weighted by molar-refractivity contribution is 0.0726. The molecule has 0 aliphatic carbocycles. The van der Waals surface area contributed by atoms with Crippen molar-refractivity contribution in [1.82, 2.24) is 4.98 Å². The zero-order valence-corrected chi connectivity index (χ0v) is 13.1. The number of aromatic hydroxyl groups is 1. The van der Waals surface area contributed by atoms with Crippen molar-refractivity contribution < 1.29 is 19.4 Å². The van der Waals surface area contributed by atoms with Crippen molar-refractivity contribution in [2.75, 3.05) is 7.11 Å².